The predicted molar refractivity (Wildman–Crippen MR) is 74.9 cm³/mol. The Morgan fingerprint density at radius 1 is 1.14 bits per heavy atom. The fraction of sp³-hybridized carbons (Fsp3) is 0.429. The topological polar surface area (TPSA) is 94.1 Å². The zero-order valence-corrected chi connectivity index (χ0v) is 12.4. The quantitative estimate of drug-likeness (QED) is 0.789. The number of nitrogens with one attached hydrogen (secondary N) is 1. The Morgan fingerprint density at radius 2 is 1.76 bits per heavy atom. The van der Waals surface area contributed by atoms with Crippen LogP contribution in [0.15, 0.2) is 12.1 Å². The summed E-state index contributed by atoms with van der Waals surface area (Å²) in [6.07, 6.45) is -0.272. The van der Waals surface area contributed by atoms with E-state index in [0.29, 0.717) is 22.8 Å². The summed E-state index contributed by atoms with van der Waals surface area (Å²) in [5.41, 5.74) is 0.507. The summed E-state index contributed by atoms with van der Waals surface area (Å²) in [7, 11) is 4.38. The molecule has 1 aromatic rings. The molecule has 0 aliphatic heterocycles. The average molecular weight is 297 g/mol. The molecule has 1 atom stereocenters. The van der Waals surface area contributed by atoms with Gasteiger partial charge in [-0.05, 0) is 12.1 Å². The summed E-state index contributed by atoms with van der Waals surface area (Å²) < 4.78 is 15.7. The number of carboxylic acid groups (broad SMARTS) is 1. The molecule has 0 aromatic heterocycles. The van der Waals surface area contributed by atoms with E-state index in [4.69, 9.17) is 19.3 Å². The van der Waals surface area contributed by atoms with E-state index >= 15 is 0 Å². The third kappa shape index (κ3) is 4.01. The van der Waals surface area contributed by atoms with Crippen LogP contribution in [0.2, 0.25) is 0 Å². The van der Waals surface area contributed by atoms with Crippen molar-refractivity contribution >= 4 is 11.9 Å². The van der Waals surface area contributed by atoms with Crippen LogP contribution in [0.1, 0.15) is 24.9 Å². The monoisotopic (exact) mass is 297 g/mol. The van der Waals surface area contributed by atoms with E-state index in [1.165, 1.54) is 28.3 Å². The van der Waals surface area contributed by atoms with Crippen molar-refractivity contribution in [1.29, 1.82) is 0 Å². The minimum atomic E-state index is -1.04. The van der Waals surface area contributed by atoms with E-state index in [2.05, 4.69) is 5.32 Å². The Labute approximate surface area is 122 Å². The summed E-state index contributed by atoms with van der Waals surface area (Å²) in [6.45, 7) is 1.32. The van der Waals surface area contributed by atoms with Crippen molar-refractivity contribution in [1.82, 2.24) is 5.32 Å². The van der Waals surface area contributed by atoms with Gasteiger partial charge in [0.05, 0.1) is 33.8 Å². The van der Waals surface area contributed by atoms with Gasteiger partial charge in [0.25, 0.3) is 0 Å². The molecule has 0 aliphatic rings. The molecule has 1 aromatic carbocycles. The number of aliphatic carboxylic acids is 1. The summed E-state index contributed by atoms with van der Waals surface area (Å²) >= 11 is 0. The van der Waals surface area contributed by atoms with E-state index < -0.39 is 12.0 Å². The Balaban J connectivity index is 3.35. The number of methoxy groups -OCH3 is 3. The lowest BCUT2D eigenvalue weighted by molar-refractivity contribution is -0.137. The van der Waals surface area contributed by atoms with Crippen LogP contribution in [-0.2, 0) is 9.59 Å². The lowest BCUT2D eigenvalue weighted by Crippen LogP contribution is -2.28. The highest BCUT2D eigenvalue weighted by Crippen LogP contribution is 2.42. The summed E-state index contributed by atoms with van der Waals surface area (Å²) in [6, 6.07) is 2.55. The number of ether oxygens (including phenoxy) is 3. The summed E-state index contributed by atoms with van der Waals surface area (Å²) in [4.78, 5) is 22.3. The predicted octanol–water partition coefficient (Wildman–Crippen LogP) is 1.36. The summed E-state index contributed by atoms with van der Waals surface area (Å²) in [5, 5.41) is 11.6. The van der Waals surface area contributed by atoms with Crippen molar-refractivity contribution in [2.24, 2.45) is 0 Å². The Morgan fingerprint density at radius 3 is 2.19 bits per heavy atom. The maximum atomic E-state index is 11.3. The highest BCUT2D eigenvalue weighted by atomic mass is 16.5. The van der Waals surface area contributed by atoms with Crippen molar-refractivity contribution in [2.75, 3.05) is 21.3 Å². The van der Waals surface area contributed by atoms with Crippen LogP contribution in [0.3, 0.4) is 0 Å². The molecule has 0 bridgehead atoms. The molecule has 0 radical (unpaired) electrons. The van der Waals surface area contributed by atoms with Gasteiger partial charge in [-0.3, -0.25) is 9.59 Å². The molecule has 0 saturated carbocycles. The van der Waals surface area contributed by atoms with Crippen molar-refractivity contribution in [3.63, 3.8) is 0 Å². The van der Waals surface area contributed by atoms with Gasteiger partial charge in [0.2, 0.25) is 11.7 Å². The Kier molecular flexibility index (Phi) is 5.83. The molecule has 0 unspecified atom stereocenters. The molecule has 7 heteroatoms. The highest BCUT2D eigenvalue weighted by molar-refractivity contribution is 5.76. The van der Waals surface area contributed by atoms with Crippen LogP contribution in [0.4, 0.5) is 0 Å². The van der Waals surface area contributed by atoms with Crippen molar-refractivity contribution in [3.8, 4) is 17.2 Å². The Bertz CT molecular complexity index is 512. The van der Waals surface area contributed by atoms with Gasteiger partial charge in [-0.25, -0.2) is 0 Å². The second-order valence-electron chi connectivity index (χ2n) is 4.27. The number of hydrogen-bond acceptors (Lipinski definition) is 5. The first-order valence-electron chi connectivity index (χ1n) is 6.22. The van der Waals surface area contributed by atoms with Gasteiger partial charge in [0.1, 0.15) is 0 Å². The van der Waals surface area contributed by atoms with Gasteiger partial charge in [-0.2, -0.15) is 0 Å². The van der Waals surface area contributed by atoms with E-state index in [0.717, 1.165) is 0 Å². The molecule has 21 heavy (non-hydrogen) atoms. The molecular formula is C14H19NO6. The van der Waals surface area contributed by atoms with E-state index in [1.807, 2.05) is 0 Å². The lowest BCUT2D eigenvalue weighted by atomic mass is 10.0. The molecule has 2 N–H and O–H groups in total. The Hall–Kier alpha value is -2.44. The van der Waals surface area contributed by atoms with Gasteiger partial charge in [0.15, 0.2) is 11.5 Å². The number of carbonyl (C=O) groups is 2. The number of rotatable bonds is 7. The molecule has 0 spiro atoms. The van der Waals surface area contributed by atoms with Gasteiger partial charge in [-0.1, -0.05) is 0 Å². The number of hydrogen-bond donors (Lipinski definition) is 2. The fourth-order valence-electron chi connectivity index (χ4n) is 2.06. The van der Waals surface area contributed by atoms with E-state index in [9.17, 15) is 9.59 Å². The van der Waals surface area contributed by atoms with Gasteiger partial charge >= 0.3 is 5.97 Å². The molecule has 1 amide bonds. The number of amides is 1. The highest BCUT2D eigenvalue weighted by Gasteiger charge is 2.24. The molecule has 1 rings (SSSR count). The minimum Gasteiger partial charge on any atom is -0.493 e. The first-order valence-corrected chi connectivity index (χ1v) is 6.22. The first-order chi connectivity index (χ1) is 9.94. The van der Waals surface area contributed by atoms with E-state index in [-0.39, 0.29) is 12.3 Å². The summed E-state index contributed by atoms with van der Waals surface area (Å²) in [5.74, 6) is -0.242. The van der Waals surface area contributed by atoms with Crippen molar-refractivity contribution in [2.45, 2.75) is 19.4 Å². The first kappa shape index (κ1) is 16.6. The lowest BCUT2D eigenvalue weighted by Gasteiger charge is -2.21. The van der Waals surface area contributed by atoms with Gasteiger partial charge in [-0.15, -0.1) is 0 Å². The van der Waals surface area contributed by atoms with Crippen molar-refractivity contribution in [3.05, 3.63) is 17.7 Å². The minimum absolute atomic E-state index is 0.272. The van der Waals surface area contributed by atoms with Crippen LogP contribution >= 0.6 is 0 Å². The van der Waals surface area contributed by atoms with Crippen LogP contribution in [0.5, 0.6) is 17.2 Å². The van der Waals surface area contributed by atoms with E-state index in [1.54, 1.807) is 12.1 Å². The molecule has 0 saturated heterocycles. The standard InChI is InChI=1S/C14H19NO6/c1-8(16)15-10(7-12(17)18)9-5-6-11(19-2)14(21-4)13(9)20-3/h5-6,10H,7H2,1-4H3,(H,15,16)(H,17,18)/t10-/m0/s1. The third-order valence-corrected chi connectivity index (χ3v) is 2.87. The maximum absolute atomic E-state index is 11.3. The van der Waals surface area contributed by atoms with Crippen molar-refractivity contribution < 1.29 is 28.9 Å². The molecule has 0 heterocycles. The largest absolute Gasteiger partial charge is 0.493 e. The molecule has 7 nitrogen and oxygen atoms in total. The smallest absolute Gasteiger partial charge is 0.305 e. The third-order valence-electron chi connectivity index (χ3n) is 2.87. The molecule has 0 aliphatic carbocycles. The average Bonchev–Trinajstić information content (AvgIpc) is 2.43. The zero-order valence-electron chi connectivity index (χ0n) is 12.4. The van der Waals surface area contributed by atoms with Crippen LogP contribution in [0.25, 0.3) is 0 Å². The van der Waals surface area contributed by atoms with Crippen LogP contribution < -0.4 is 19.5 Å². The molecular weight excluding hydrogens is 278 g/mol. The van der Waals surface area contributed by atoms with Crippen LogP contribution in [-0.4, -0.2) is 38.3 Å². The van der Waals surface area contributed by atoms with Gasteiger partial charge in [0, 0.05) is 12.5 Å². The number of benzene rings is 1. The second-order valence-corrected chi connectivity index (χ2v) is 4.27. The fourth-order valence-corrected chi connectivity index (χ4v) is 2.06. The SMILES string of the molecule is COc1ccc([C@H](CC(=O)O)NC(C)=O)c(OC)c1OC. The van der Waals surface area contributed by atoms with Crippen LogP contribution in [0, 0.1) is 0 Å². The molecule has 116 valence electrons. The second kappa shape index (κ2) is 7.37. The van der Waals surface area contributed by atoms with Gasteiger partial charge < -0.3 is 24.6 Å². The number of carbonyl (C=O) groups excluding carboxylic acids is 1. The maximum Gasteiger partial charge on any atom is 0.305 e. The number of carboxylic acids is 1. The molecule has 0 fully saturated rings. The normalized spacial score (nSPS) is 11.4. The zero-order chi connectivity index (χ0) is 16.0.